The number of nitrogen functional groups attached to an aromatic ring is 1. The number of hydrazine groups is 1. The van der Waals surface area contributed by atoms with Gasteiger partial charge in [-0.15, -0.1) is 0 Å². The van der Waals surface area contributed by atoms with Crippen LogP contribution in [0.5, 0.6) is 0 Å². The first-order valence-corrected chi connectivity index (χ1v) is 6.60. The maximum Gasteiger partial charge on any atom is 0.0938 e. The molecule has 2 atom stereocenters. The molecule has 0 aromatic heterocycles. The normalized spacial score (nSPS) is 24.7. The standard InChI is InChI=1S/C13H24N6/c1-15-12-9-19(17-3)13(16-2)8-18(12)11-6-4-10(14)5-7-11/h4-7,12-13,15-17H,8-9,14H2,1-3H3. The lowest BCUT2D eigenvalue weighted by Gasteiger charge is -2.46. The van der Waals surface area contributed by atoms with Crippen molar-refractivity contribution in [2.24, 2.45) is 0 Å². The Morgan fingerprint density at radius 1 is 1.00 bits per heavy atom. The van der Waals surface area contributed by atoms with Crippen molar-refractivity contribution < 1.29 is 0 Å². The molecule has 19 heavy (non-hydrogen) atoms. The maximum atomic E-state index is 5.76. The molecule has 2 rings (SSSR count). The molecule has 1 aliphatic rings. The highest BCUT2D eigenvalue weighted by molar-refractivity contribution is 5.54. The second-order valence-electron chi connectivity index (χ2n) is 4.73. The van der Waals surface area contributed by atoms with Gasteiger partial charge in [-0.3, -0.25) is 10.7 Å². The van der Waals surface area contributed by atoms with Crippen molar-refractivity contribution in [1.29, 1.82) is 0 Å². The van der Waals surface area contributed by atoms with Crippen LogP contribution >= 0.6 is 0 Å². The molecule has 0 amide bonds. The van der Waals surface area contributed by atoms with E-state index in [1.807, 2.05) is 33.3 Å². The molecule has 0 saturated carbocycles. The zero-order valence-electron chi connectivity index (χ0n) is 11.9. The van der Waals surface area contributed by atoms with Crippen molar-refractivity contribution in [3.8, 4) is 0 Å². The van der Waals surface area contributed by atoms with E-state index in [4.69, 9.17) is 5.73 Å². The fourth-order valence-corrected chi connectivity index (χ4v) is 2.52. The molecule has 1 aliphatic heterocycles. The molecular weight excluding hydrogens is 240 g/mol. The summed E-state index contributed by atoms with van der Waals surface area (Å²) in [6.45, 7) is 1.79. The summed E-state index contributed by atoms with van der Waals surface area (Å²) < 4.78 is 0. The summed E-state index contributed by atoms with van der Waals surface area (Å²) >= 11 is 0. The lowest BCUT2D eigenvalue weighted by Crippen LogP contribution is -2.68. The molecule has 1 fully saturated rings. The monoisotopic (exact) mass is 264 g/mol. The predicted molar refractivity (Wildman–Crippen MR) is 79.7 cm³/mol. The Morgan fingerprint density at radius 3 is 2.16 bits per heavy atom. The van der Waals surface area contributed by atoms with Crippen LogP contribution in [-0.4, -0.2) is 51.6 Å². The average Bonchev–Trinajstić information content (AvgIpc) is 2.46. The van der Waals surface area contributed by atoms with Crippen molar-refractivity contribution in [2.75, 3.05) is 44.9 Å². The topological polar surface area (TPSA) is 68.6 Å². The van der Waals surface area contributed by atoms with Gasteiger partial charge >= 0.3 is 0 Å². The van der Waals surface area contributed by atoms with Crippen LogP contribution in [0, 0.1) is 0 Å². The minimum atomic E-state index is 0.265. The Kier molecular flexibility index (Phi) is 4.60. The van der Waals surface area contributed by atoms with E-state index in [0.29, 0.717) is 0 Å². The van der Waals surface area contributed by atoms with Gasteiger partial charge in [0, 0.05) is 24.5 Å². The lowest BCUT2D eigenvalue weighted by atomic mass is 10.2. The smallest absolute Gasteiger partial charge is 0.0938 e. The van der Waals surface area contributed by atoms with Gasteiger partial charge in [-0.1, -0.05) is 0 Å². The van der Waals surface area contributed by atoms with Gasteiger partial charge in [-0.2, -0.15) is 0 Å². The maximum absolute atomic E-state index is 5.76. The minimum absolute atomic E-state index is 0.265. The molecule has 6 nitrogen and oxygen atoms in total. The van der Waals surface area contributed by atoms with Gasteiger partial charge in [0.15, 0.2) is 0 Å². The first-order valence-electron chi connectivity index (χ1n) is 6.60. The van der Waals surface area contributed by atoms with E-state index in [-0.39, 0.29) is 12.3 Å². The van der Waals surface area contributed by atoms with Gasteiger partial charge in [-0.25, -0.2) is 5.01 Å². The number of hydrogen-bond donors (Lipinski definition) is 4. The Bertz CT molecular complexity index is 393. The number of likely N-dealkylation sites (N-methyl/N-ethyl adjacent to an activating group) is 2. The van der Waals surface area contributed by atoms with Crippen LogP contribution < -0.4 is 26.7 Å². The van der Waals surface area contributed by atoms with Crippen molar-refractivity contribution in [3.63, 3.8) is 0 Å². The quantitative estimate of drug-likeness (QED) is 0.556. The largest absolute Gasteiger partial charge is 0.399 e. The molecular formula is C13H24N6. The number of nitrogens with two attached hydrogens (primary N) is 1. The highest BCUT2D eigenvalue weighted by Gasteiger charge is 2.31. The number of piperazine rings is 1. The van der Waals surface area contributed by atoms with Gasteiger partial charge in [-0.05, 0) is 45.4 Å². The minimum Gasteiger partial charge on any atom is -0.399 e. The SMILES string of the molecule is CNC1CN(c2ccc(N)cc2)C(NC)CN1NC. The summed E-state index contributed by atoms with van der Waals surface area (Å²) in [5.74, 6) is 0. The Labute approximate surface area is 114 Å². The fraction of sp³-hybridized carbons (Fsp3) is 0.538. The molecule has 2 unspecified atom stereocenters. The lowest BCUT2D eigenvalue weighted by molar-refractivity contribution is 0.0785. The summed E-state index contributed by atoms with van der Waals surface area (Å²) in [4.78, 5) is 2.36. The molecule has 1 aromatic rings. The number of benzene rings is 1. The molecule has 106 valence electrons. The van der Waals surface area contributed by atoms with Crippen LogP contribution in [0.4, 0.5) is 11.4 Å². The van der Waals surface area contributed by atoms with E-state index in [9.17, 15) is 0 Å². The second kappa shape index (κ2) is 6.21. The van der Waals surface area contributed by atoms with Crippen LogP contribution in [0.1, 0.15) is 0 Å². The highest BCUT2D eigenvalue weighted by Crippen LogP contribution is 2.21. The summed E-state index contributed by atoms with van der Waals surface area (Å²) in [6, 6.07) is 8.03. The fourth-order valence-electron chi connectivity index (χ4n) is 2.52. The Hall–Kier alpha value is -1.34. The number of anilines is 2. The first-order chi connectivity index (χ1) is 9.19. The molecule has 1 saturated heterocycles. The second-order valence-corrected chi connectivity index (χ2v) is 4.73. The van der Waals surface area contributed by atoms with Gasteiger partial charge in [0.2, 0.25) is 0 Å². The molecule has 5 N–H and O–H groups in total. The zero-order chi connectivity index (χ0) is 13.8. The number of nitrogens with one attached hydrogen (secondary N) is 3. The van der Waals surface area contributed by atoms with Crippen molar-refractivity contribution in [2.45, 2.75) is 12.3 Å². The summed E-state index contributed by atoms with van der Waals surface area (Å²) in [7, 11) is 5.92. The third-order valence-corrected chi connectivity index (χ3v) is 3.67. The van der Waals surface area contributed by atoms with E-state index >= 15 is 0 Å². The number of nitrogens with zero attached hydrogens (tertiary/aromatic N) is 2. The van der Waals surface area contributed by atoms with Crippen LogP contribution in [-0.2, 0) is 0 Å². The summed E-state index contributed by atoms with van der Waals surface area (Å²) in [5, 5.41) is 8.89. The number of rotatable bonds is 4. The Balaban J connectivity index is 2.20. The van der Waals surface area contributed by atoms with Crippen molar-refractivity contribution in [3.05, 3.63) is 24.3 Å². The van der Waals surface area contributed by atoms with Gasteiger partial charge in [0.25, 0.3) is 0 Å². The van der Waals surface area contributed by atoms with Gasteiger partial charge in [0.1, 0.15) is 0 Å². The number of hydrogen-bond acceptors (Lipinski definition) is 6. The molecule has 0 radical (unpaired) electrons. The average molecular weight is 264 g/mol. The van der Waals surface area contributed by atoms with E-state index in [1.54, 1.807) is 0 Å². The van der Waals surface area contributed by atoms with Crippen molar-refractivity contribution >= 4 is 11.4 Å². The third-order valence-electron chi connectivity index (χ3n) is 3.67. The Morgan fingerprint density at radius 2 is 1.63 bits per heavy atom. The van der Waals surface area contributed by atoms with E-state index in [2.05, 4.69) is 38.1 Å². The van der Waals surface area contributed by atoms with Gasteiger partial charge in [0.05, 0.1) is 12.3 Å². The predicted octanol–water partition coefficient (Wildman–Crippen LogP) is -0.384. The van der Waals surface area contributed by atoms with Crippen LogP contribution in [0.15, 0.2) is 24.3 Å². The van der Waals surface area contributed by atoms with E-state index in [1.165, 1.54) is 5.69 Å². The molecule has 1 heterocycles. The van der Waals surface area contributed by atoms with Crippen molar-refractivity contribution in [1.82, 2.24) is 21.1 Å². The van der Waals surface area contributed by atoms with Gasteiger partial charge < -0.3 is 16.0 Å². The van der Waals surface area contributed by atoms with Crippen LogP contribution in [0.25, 0.3) is 0 Å². The first kappa shape index (κ1) is 14.1. The molecule has 0 bridgehead atoms. The van der Waals surface area contributed by atoms with Crippen LogP contribution in [0.3, 0.4) is 0 Å². The third kappa shape index (κ3) is 2.98. The van der Waals surface area contributed by atoms with Crippen LogP contribution in [0.2, 0.25) is 0 Å². The van der Waals surface area contributed by atoms with E-state index < -0.39 is 0 Å². The molecule has 1 aromatic carbocycles. The summed E-state index contributed by atoms with van der Waals surface area (Å²) in [6.07, 6.45) is 0.535. The molecule has 6 heteroatoms. The molecule has 0 aliphatic carbocycles. The highest BCUT2D eigenvalue weighted by atomic mass is 15.6. The summed E-state index contributed by atoms with van der Waals surface area (Å²) in [5.41, 5.74) is 11.0. The zero-order valence-corrected chi connectivity index (χ0v) is 11.9. The molecule has 0 spiro atoms. The van der Waals surface area contributed by atoms with E-state index in [0.717, 1.165) is 18.8 Å².